The number of methoxy groups -OCH3 is 1. The average Bonchev–Trinajstić information content (AvgIpc) is 3.16. The van der Waals surface area contributed by atoms with Gasteiger partial charge in [0.15, 0.2) is 0 Å². The molecule has 0 unspecified atom stereocenters. The maximum absolute atomic E-state index is 13.5. The third kappa shape index (κ3) is 2.78. The molecule has 2 N–H and O–H groups in total. The van der Waals surface area contributed by atoms with E-state index in [1.165, 1.54) is 12.0 Å². The molecule has 2 saturated heterocycles. The Bertz CT molecular complexity index is 1000. The standard InChI is InChI=1S/C23H24N2O4/c1-13-9-11-15(12-10-13)25-20(26)17-18(21(25)27)23(3,22(28)29-4)24-19(17)16-8-6-5-7-14(16)2/h5-12,17-19,24H,1-4H3/p+1/t17-,18-,19+,23+/m0/s1. The number of fused-ring (bicyclic) bond motifs is 1. The molecule has 4 atom stereocenters. The summed E-state index contributed by atoms with van der Waals surface area (Å²) in [5.41, 5.74) is 2.39. The first-order chi connectivity index (χ1) is 13.8. The van der Waals surface area contributed by atoms with Crippen molar-refractivity contribution in [1.82, 2.24) is 0 Å². The van der Waals surface area contributed by atoms with Crippen molar-refractivity contribution < 1.29 is 24.4 Å². The summed E-state index contributed by atoms with van der Waals surface area (Å²) in [5, 5.41) is 1.85. The lowest BCUT2D eigenvalue weighted by Crippen LogP contribution is -2.97. The van der Waals surface area contributed by atoms with E-state index in [9.17, 15) is 14.4 Å². The maximum atomic E-state index is 13.5. The zero-order valence-corrected chi connectivity index (χ0v) is 17.0. The maximum Gasteiger partial charge on any atom is 0.368 e. The van der Waals surface area contributed by atoms with Crippen LogP contribution in [0.5, 0.6) is 0 Å². The number of carbonyl (C=O) groups excluding carboxylic acids is 3. The van der Waals surface area contributed by atoms with Gasteiger partial charge in [-0.25, -0.2) is 9.69 Å². The van der Waals surface area contributed by atoms with Crippen molar-refractivity contribution in [2.24, 2.45) is 11.8 Å². The third-order valence-electron chi connectivity index (χ3n) is 6.37. The predicted octanol–water partition coefficient (Wildman–Crippen LogP) is 1.66. The molecule has 0 aromatic heterocycles. The van der Waals surface area contributed by atoms with Crippen LogP contribution in [0, 0.1) is 25.7 Å². The molecule has 2 aliphatic rings. The topological polar surface area (TPSA) is 80.3 Å². The average molecular weight is 393 g/mol. The Morgan fingerprint density at radius 1 is 1.03 bits per heavy atom. The molecule has 4 rings (SSSR count). The van der Waals surface area contributed by atoms with Gasteiger partial charge in [-0.1, -0.05) is 42.0 Å². The molecule has 0 radical (unpaired) electrons. The Hall–Kier alpha value is -2.99. The van der Waals surface area contributed by atoms with Crippen molar-refractivity contribution in [3.8, 4) is 0 Å². The van der Waals surface area contributed by atoms with Crippen LogP contribution in [0.25, 0.3) is 0 Å². The third-order valence-corrected chi connectivity index (χ3v) is 6.37. The van der Waals surface area contributed by atoms with Crippen LogP contribution in [0.1, 0.15) is 29.7 Å². The molecule has 6 heteroatoms. The van der Waals surface area contributed by atoms with Crippen molar-refractivity contribution >= 4 is 23.5 Å². The van der Waals surface area contributed by atoms with E-state index in [-0.39, 0.29) is 17.9 Å². The summed E-state index contributed by atoms with van der Waals surface area (Å²) in [4.78, 5) is 41.0. The number of benzene rings is 2. The second kappa shape index (κ2) is 6.81. The van der Waals surface area contributed by atoms with Gasteiger partial charge in [-0.05, 0) is 31.5 Å². The second-order valence-electron chi connectivity index (χ2n) is 8.17. The lowest BCUT2D eigenvalue weighted by molar-refractivity contribution is -0.730. The first kappa shape index (κ1) is 19.3. The molecule has 29 heavy (non-hydrogen) atoms. The van der Waals surface area contributed by atoms with Gasteiger partial charge in [-0.15, -0.1) is 0 Å². The van der Waals surface area contributed by atoms with Crippen molar-refractivity contribution in [1.29, 1.82) is 0 Å². The van der Waals surface area contributed by atoms with Gasteiger partial charge >= 0.3 is 5.97 Å². The molecule has 2 amide bonds. The highest BCUT2D eigenvalue weighted by molar-refractivity contribution is 6.23. The zero-order chi connectivity index (χ0) is 20.9. The lowest BCUT2D eigenvalue weighted by Gasteiger charge is -2.26. The predicted molar refractivity (Wildman–Crippen MR) is 107 cm³/mol. The highest BCUT2D eigenvalue weighted by Crippen LogP contribution is 2.46. The Kier molecular flexibility index (Phi) is 4.54. The van der Waals surface area contributed by atoms with E-state index in [1.54, 1.807) is 19.1 Å². The lowest BCUT2D eigenvalue weighted by atomic mass is 9.80. The molecule has 2 heterocycles. The number of quaternary nitrogens is 1. The van der Waals surface area contributed by atoms with Gasteiger partial charge in [0.2, 0.25) is 17.4 Å². The van der Waals surface area contributed by atoms with Gasteiger partial charge in [0.1, 0.15) is 17.9 Å². The monoisotopic (exact) mass is 393 g/mol. The fourth-order valence-corrected chi connectivity index (χ4v) is 4.87. The molecule has 0 saturated carbocycles. The van der Waals surface area contributed by atoms with Crippen molar-refractivity contribution in [2.75, 3.05) is 12.0 Å². The summed E-state index contributed by atoms with van der Waals surface area (Å²) in [6.07, 6.45) is 0. The van der Waals surface area contributed by atoms with Gasteiger partial charge in [0.05, 0.1) is 12.8 Å². The summed E-state index contributed by atoms with van der Waals surface area (Å²) in [7, 11) is 1.32. The number of hydrogen-bond donors (Lipinski definition) is 1. The SMILES string of the molecule is COC(=O)[C@]1(C)[NH2+][C@H](c2ccccc2C)[C@H]2C(=O)N(c3ccc(C)cc3)C(=O)[C@H]21. The smallest absolute Gasteiger partial charge is 0.368 e. The number of anilines is 1. The van der Waals surface area contributed by atoms with Gasteiger partial charge in [-0.3, -0.25) is 9.59 Å². The number of ether oxygens (including phenoxy) is 1. The highest BCUT2D eigenvalue weighted by atomic mass is 16.5. The summed E-state index contributed by atoms with van der Waals surface area (Å²) < 4.78 is 5.05. The molecule has 2 aromatic rings. The first-order valence-corrected chi connectivity index (χ1v) is 9.74. The number of imide groups is 1. The van der Waals surface area contributed by atoms with Gasteiger partial charge < -0.3 is 10.1 Å². The largest absolute Gasteiger partial charge is 0.464 e. The summed E-state index contributed by atoms with van der Waals surface area (Å²) in [6, 6.07) is 14.7. The Balaban J connectivity index is 1.84. The zero-order valence-electron chi connectivity index (χ0n) is 17.0. The number of nitrogens with zero attached hydrogens (tertiary/aromatic N) is 1. The number of nitrogens with two attached hydrogens (primary N) is 1. The number of aryl methyl sites for hydroxylation is 2. The van der Waals surface area contributed by atoms with E-state index in [4.69, 9.17) is 4.74 Å². The van der Waals surface area contributed by atoms with Crippen LogP contribution in [-0.4, -0.2) is 30.4 Å². The quantitative estimate of drug-likeness (QED) is 0.635. The molecule has 0 aliphatic carbocycles. The number of rotatable bonds is 3. The number of hydrogen-bond acceptors (Lipinski definition) is 4. The van der Waals surface area contributed by atoms with E-state index in [2.05, 4.69) is 0 Å². The van der Waals surface area contributed by atoms with Crippen LogP contribution in [0.2, 0.25) is 0 Å². The molecule has 150 valence electrons. The molecule has 6 nitrogen and oxygen atoms in total. The van der Waals surface area contributed by atoms with Crippen LogP contribution in [0.15, 0.2) is 48.5 Å². The van der Waals surface area contributed by atoms with Gasteiger partial charge in [-0.2, -0.15) is 0 Å². The summed E-state index contributed by atoms with van der Waals surface area (Å²) in [6.45, 7) is 5.63. The highest BCUT2D eigenvalue weighted by Gasteiger charge is 2.70. The number of carbonyl (C=O) groups is 3. The van der Waals surface area contributed by atoms with Crippen molar-refractivity contribution in [3.63, 3.8) is 0 Å². The van der Waals surface area contributed by atoms with Crippen LogP contribution >= 0.6 is 0 Å². The Morgan fingerprint density at radius 2 is 1.69 bits per heavy atom. The van der Waals surface area contributed by atoms with Crippen LogP contribution in [0.3, 0.4) is 0 Å². The molecular weight excluding hydrogens is 368 g/mol. The molecule has 0 bridgehead atoms. The van der Waals surface area contributed by atoms with Crippen molar-refractivity contribution in [2.45, 2.75) is 32.4 Å². The molecule has 0 spiro atoms. The summed E-state index contributed by atoms with van der Waals surface area (Å²) in [5.74, 6) is -2.51. The van der Waals surface area contributed by atoms with E-state index in [0.29, 0.717) is 5.69 Å². The normalized spacial score (nSPS) is 28.6. The fraction of sp³-hybridized carbons (Fsp3) is 0.348. The van der Waals surface area contributed by atoms with E-state index < -0.39 is 23.3 Å². The van der Waals surface area contributed by atoms with Gasteiger partial charge in [0.25, 0.3) is 0 Å². The Morgan fingerprint density at radius 3 is 2.31 bits per heavy atom. The first-order valence-electron chi connectivity index (χ1n) is 9.74. The number of esters is 1. The summed E-state index contributed by atoms with van der Waals surface area (Å²) >= 11 is 0. The number of amides is 2. The van der Waals surface area contributed by atoms with Gasteiger partial charge in [0, 0.05) is 12.5 Å². The van der Waals surface area contributed by atoms with Crippen LogP contribution in [-0.2, 0) is 19.1 Å². The molecular formula is C23H25N2O4+. The van der Waals surface area contributed by atoms with E-state index in [1.807, 2.05) is 55.6 Å². The fourth-order valence-electron chi connectivity index (χ4n) is 4.87. The Labute approximate surface area is 169 Å². The molecule has 2 aliphatic heterocycles. The minimum Gasteiger partial charge on any atom is -0.464 e. The van der Waals surface area contributed by atoms with Crippen LogP contribution < -0.4 is 10.2 Å². The van der Waals surface area contributed by atoms with E-state index in [0.717, 1.165) is 16.7 Å². The van der Waals surface area contributed by atoms with Crippen molar-refractivity contribution in [3.05, 3.63) is 65.2 Å². The van der Waals surface area contributed by atoms with E-state index >= 15 is 0 Å². The minimum atomic E-state index is -1.17. The minimum absolute atomic E-state index is 0.263. The van der Waals surface area contributed by atoms with Crippen LogP contribution in [0.4, 0.5) is 5.69 Å². The molecule has 2 aromatic carbocycles. The second-order valence-corrected chi connectivity index (χ2v) is 8.17. The molecule has 2 fully saturated rings.